The van der Waals surface area contributed by atoms with Crippen LogP contribution in [0.15, 0.2) is 97.1 Å². The molecule has 0 aliphatic rings. The molecule has 0 aliphatic heterocycles. The molecule has 0 aromatic heterocycles. The number of methoxy groups -OCH3 is 2. The van der Waals surface area contributed by atoms with Gasteiger partial charge in [0.15, 0.2) is 6.79 Å². The SMILES string of the molecule is COCOC(=O)c1ccccc1-c1ccc(C(=O)NC(Cc2ccccc2)C(=O)OC)cc1C(=O)Nc1ccc(C(=N)N)cc1. The fraction of sp³-hybridized carbons (Fsp3) is 0.147. The number of nitrogen functional groups attached to an aromatic ring is 1. The fourth-order valence-corrected chi connectivity index (χ4v) is 4.55. The van der Waals surface area contributed by atoms with Gasteiger partial charge < -0.3 is 30.6 Å². The molecule has 45 heavy (non-hydrogen) atoms. The summed E-state index contributed by atoms with van der Waals surface area (Å²) in [4.78, 5) is 52.6. The van der Waals surface area contributed by atoms with Gasteiger partial charge in [-0.05, 0) is 59.2 Å². The standard InChI is InChI=1S/C34H32N4O7/c1-43-20-45-33(41)27-11-7-6-10-25(27)26-17-14-23(19-28(26)32(40)37-24-15-12-22(13-16-24)30(35)36)31(39)38-29(34(42)44-2)18-21-8-4-3-5-9-21/h3-17,19,29H,18,20H2,1-2H3,(H3,35,36)(H,37,40)(H,38,39). The maximum absolute atomic E-state index is 13.8. The molecule has 0 bridgehead atoms. The summed E-state index contributed by atoms with van der Waals surface area (Å²) in [6.07, 6.45) is 0.192. The van der Waals surface area contributed by atoms with Crippen LogP contribution in [0.4, 0.5) is 5.69 Å². The normalized spacial score (nSPS) is 11.2. The fourth-order valence-electron chi connectivity index (χ4n) is 4.55. The molecule has 230 valence electrons. The third-order valence-electron chi connectivity index (χ3n) is 6.80. The number of hydrogen-bond donors (Lipinski definition) is 4. The number of amidine groups is 1. The smallest absolute Gasteiger partial charge is 0.340 e. The topological polar surface area (TPSA) is 170 Å². The molecule has 2 amide bonds. The molecule has 0 fully saturated rings. The first kappa shape index (κ1) is 32.1. The number of nitrogens with one attached hydrogen (secondary N) is 3. The minimum atomic E-state index is -0.988. The van der Waals surface area contributed by atoms with Crippen LogP contribution in [-0.2, 0) is 25.4 Å². The average molecular weight is 609 g/mol. The summed E-state index contributed by atoms with van der Waals surface area (Å²) in [6, 6.07) is 25.5. The molecule has 4 aromatic rings. The van der Waals surface area contributed by atoms with Crippen molar-refractivity contribution >= 4 is 35.3 Å². The number of anilines is 1. The Labute approximate surface area is 259 Å². The molecule has 0 spiro atoms. The van der Waals surface area contributed by atoms with Crippen LogP contribution in [-0.4, -0.2) is 56.6 Å². The van der Waals surface area contributed by atoms with Crippen molar-refractivity contribution in [3.63, 3.8) is 0 Å². The van der Waals surface area contributed by atoms with E-state index < -0.39 is 29.8 Å². The van der Waals surface area contributed by atoms with Gasteiger partial charge in [-0.25, -0.2) is 9.59 Å². The van der Waals surface area contributed by atoms with Crippen molar-refractivity contribution < 1.29 is 33.4 Å². The molecule has 0 aliphatic carbocycles. The van der Waals surface area contributed by atoms with Crippen molar-refractivity contribution in [3.8, 4) is 11.1 Å². The first-order valence-electron chi connectivity index (χ1n) is 13.8. The lowest BCUT2D eigenvalue weighted by molar-refractivity contribution is -0.142. The number of carbonyl (C=O) groups is 4. The second-order valence-electron chi connectivity index (χ2n) is 9.83. The monoisotopic (exact) mass is 608 g/mol. The Morgan fingerprint density at radius 2 is 1.42 bits per heavy atom. The first-order chi connectivity index (χ1) is 21.7. The van der Waals surface area contributed by atoms with Crippen molar-refractivity contribution in [2.24, 2.45) is 5.73 Å². The number of amides is 2. The Morgan fingerprint density at radius 3 is 2.09 bits per heavy atom. The zero-order chi connectivity index (χ0) is 32.3. The van der Waals surface area contributed by atoms with Gasteiger partial charge in [-0.15, -0.1) is 0 Å². The number of nitrogens with two attached hydrogens (primary N) is 1. The highest BCUT2D eigenvalue weighted by molar-refractivity contribution is 6.12. The van der Waals surface area contributed by atoms with Gasteiger partial charge in [0.25, 0.3) is 11.8 Å². The molecule has 1 atom stereocenters. The molecule has 1 unspecified atom stereocenters. The summed E-state index contributed by atoms with van der Waals surface area (Å²) >= 11 is 0. The number of esters is 2. The van der Waals surface area contributed by atoms with Crippen LogP contribution in [0.25, 0.3) is 11.1 Å². The molecular weight excluding hydrogens is 576 g/mol. The zero-order valence-corrected chi connectivity index (χ0v) is 24.7. The van der Waals surface area contributed by atoms with Gasteiger partial charge in [0.1, 0.15) is 11.9 Å². The van der Waals surface area contributed by atoms with Crippen LogP contribution in [0, 0.1) is 5.41 Å². The van der Waals surface area contributed by atoms with E-state index in [1.807, 2.05) is 30.3 Å². The van der Waals surface area contributed by atoms with Crippen LogP contribution < -0.4 is 16.4 Å². The van der Waals surface area contributed by atoms with Gasteiger partial charge >= 0.3 is 11.9 Å². The van der Waals surface area contributed by atoms with Gasteiger partial charge in [0.2, 0.25) is 0 Å². The Balaban J connectivity index is 1.73. The Hall–Kier alpha value is -5.81. The summed E-state index contributed by atoms with van der Waals surface area (Å²) in [5.74, 6) is -2.60. The molecule has 0 saturated heterocycles. The first-order valence-corrected chi connectivity index (χ1v) is 13.8. The van der Waals surface area contributed by atoms with Crippen LogP contribution in [0.1, 0.15) is 42.2 Å². The average Bonchev–Trinajstić information content (AvgIpc) is 3.06. The van der Waals surface area contributed by atoms with Crippen molar-refractivity contribution in [2.45, 2.75) is 12.5 Å². The number of rotatable bonds is 12. The Bertz CT molecular complexity index is 1710. The Kier molecular flexibility index (Phi) is 10.8. The van der Waals surface area contributed by atoms with E-state index in [1.165, 1.54) is 26.4 Å². The van der Waals surface area contributed by atoms with E-state index in [0.29, 0.717) is 22.4 Å². The summed E-state index contributed by atoms with van der Waals surface area (Å²) in [6.45, 7) is -0.264. The summed E-state index contributed by atoms with van der Waals surface area (Å²) in [5.41, 5.74) is 8.33. The van der Waals surface area contributed by atoms with Gasteiger partial charge in [-0.1, -0.05) is 54.6 Å². The minimum absolute atomic E-state index is 0.0722. The largest absolute Gasteiger partial charge is 0.467 e. The highest BCUT2D eigenvalue weighted by atomic mass is 16.7. The van der Waals surface area contributed by atoms with E-state index in [9.17, 15) is 19.2 Å². The van der Waals surface area contributed by atoms with Gasteiger partial charge in [-0.3, -0.25) is 15.0 Å². The van der Waals surface area contributed by atoms with Crippen molar-refractivity contribution in [1.82, 2.24) is 5.32 Å². The van der Waals surface area contributed by atoms with Crippen molar-refractivity contribution in [2.75, 3.05) is 26.3 Å². The highest BCUT2D eigenvalue weighted by Gasteiger charge is 2.25. The highest BCUT2D eigenvalue weighted by Crippen LogP contribution is 2.30. The summed E-state index contributed by atoms with van der Waals surface area (Å²) < 4.78 is 14.9. The lowest BCUT2D eigenvalue weighted by Gasteiger charge is -2.18. The van der Waals surface area contributed by atoms with Crippen LogP contribution >= 0.6 is 0 Å². The number of ether oxygens (including phenoxy) is 3. The van der Waals surface area contributed by atoms with E-state index in [0.717, 1.165) is 5.56 Å². The summed E-state index contributed by atoms with van der Waals surface area (Å²) in [5, 5.41) is 13.1. The second kappa shape index (κ2) is 15.1. The number of benzene rings is 4. The molecule has 4 rings (SSSR count). The molecular formula is C34H32N4O7. The van der Waals surface area contributed by atoms with Gasteiger partial charge in [0.05, 0.1) is 12.7 Å². The summed E-state index contributed by atoms with van der Waals surface area (Å²) in [7, 11) is 2.63. The third-order valence-corrected chi connectivity index (χ3v) is 6.80. The molecule has 0 heterocycles. The van der Waals surface area contributed by atoms with Crippen LogP contribution in [0.3, 0.4) is 0 Å². The number of hydrogen-bond acceptors (Lipinski definition) is 8. The third kappa shape index (κ3) is 8.18. The van der Waals surface area contributed by atoms with E-state index >= 15 is 0 Å². The van der Waals surface area contributed by atoms with Gasteiger partial charge in [0, 0.05) is 35.9 Å². The van der Waals surface area contributed by atoms with Crippen molar-refractivity contribution in [3.05, 3.63) is 125 Å². The maximum Gasteiger partial charge on any atom is 0.340 e. The molecule has 11 heteroatoms. The van der Waals surface area contributed by atoms with E-state index in [1.54, 1.807) is 54.6 Å². The quantitative estimate of drug-likeness (QED) is 0.0804. The molecule has 4 aromatic carbocycles. The van der Waals surface area contributed by atoms with E-state index in [2.05, 4.69) is 10.6 Å². The van der Waals surface area contributed by atoms with E-state index in [4.69, 9.17) is 25.4 Å². The van der Waals surface area contributed by atoms with Crippen molar-refractivity contribution in [1.29, 1.82) is 5.41 Å². The van der Waals surface area contributed by atoms with Crippen LogP contribution in [0.5, 0.6) is 0 Å². The number of carbonyl (C=O) groups excluding carboxylic acids is 4. The second-order valence-corrected chi connectivity index (χ2v) is 9.83. The molecule has 11 nitrogen and oxygen atoms in total. The lowest BCUT2D eigenvalue weighted by Crippen LogP contribution is -2.43. The predicted molar refractivity (Wildman–Crippen MR) is 168 cm³/mol. The molecule has 0 radical (unpaired) electrons. The lowest BCUT2D eigenvalue weighted by atomic mass is 9.93. The van der Waals surface area contributed by atoms with E-state index in [-0.39, 0.29) is 35.7 Å². The predicted octanol–water partition coefficient (Wildman–Crippen LogP) is 4.16. The van der Waals surface area contributed by atoms with Crippen LogP contribution in [0.2, 0.25) is 0 Å². The minimum Gasteiger partial charge on any atom is -0.467 e. The zero-order valence-electron chi connectivity index (χ0n) is 24.7. The molecule has 5 N–H and O–H groups in total. The van der Waals surface area contributed by atoms with Gasteiger partial charge in [-0.2, -0.15) is 0 Å². The molecule has 0 saturated carbocycles. The maximum atomic E-state index is 13.8. The Morgan fingerprint density at radius 1 is 0.778 bits per heavy atom.